The van der Waals surface area contributed by atoms with Gasteiger partial charge in [-0.05, 0) is 49.9 Å². The van der Waals surface area contributed by atoms with E-state index in [-0.39, 0.29) is 6.61 Å². The molecule has 1 aromatic heterocycles. The van der Waals surface area contributed by atoms with Gasteiger partial charge in [0.25, 0.3) is 0 Å². The predicted molar refractivity (Wildman–Crippen MR) is 86.3 cm³/mol. The smallest absolute Gasteiger partial charge is 0.198 e. The van der Waals surface area contributed by atoms with E-state index >= 15 is 0 Å². The average molecular weight is 312 g/mol. The third kappa shape index (κ3) is 4.37. The van der Waals surface area contributed by atoms with Crippen LogP contribution in [0.15, 0.2) is 0 Å². The second-order valence-electron chi connectivity index (χ2n) is 6.61. The molecule has 1 aliphatic rings. The van der Waals surface area contributed by atoms with Crippen molar-refractivity contribution in [1.82, 2.24) is 19.2 Å². The van der Waals surface area contributed by atoms with Gasteiger partial charge in [0.2, 0.25) is 0 Å². The van der Waals surface area contributed by atoms with E-state index in [4.69, 9.17) is 12.2 Å². The van der Waals surface area contributed by atoms with Crippen LogP contribution in [0, 0.1) is 16.6 Å². The molecule has 0 bridgehead atoms. The van der Waals surface area contributed by atoms with Gasteiger partial charge in [-0.2, -0.15) is 5.10 Å². The van der Waals surface area contributed by atoms with Gasteiger partial charge in [0.15, 0.2) is 10.6 Å². The Hall–Kier alpha value is -0.720. The molecule has 1 N–H and O–H groups in total. The van der Waals surface area contributed by atoms with Gasteiger partial charge in [-0.25, -0.2) is 4.68 Å². The van der Waals surface area contributed by atoms with Crippen LogP contribution in [-0.2, 0) is 20.3 Å². The van der Waals surface area contributed by atoms with Crippen molar-refractivity contribution < 1.29 is 5.11 Å². The predicted octanol–water partition coefficient (Wildman–Crippen LogP) is 2.55. The number of aliphatic hydroxyl groups is 1. The van der Waals surface area contributed by atoms with Crippen molar-refractivity contribution in [2.75, 3.05) is 13.1 Å². The molecule has 1 saturated heterocycles. The Labute approximate surface area is 132 Å². The van der Waals surface area contributed by atoms with Gasteiger partial charge in [-0.3, -0.25) is 4.90 Å². The largest absolute Gasteiger partial charge is 0.388 e. The topological polar surface area (TPSA) is 46.2 Å². The molecule has 1 unspecified atom stereocenters. The standard InChI is InChI=1S/C15H28N4OS/c1-12(2)6-7-13-5-4-8-18(9-13)11-19-15(21)17(3)14(10-20)16-19/h12-13,20H,4-11H2,1-3H3. The Morgan fingerprint density at radius 2 is 2.19 bits per heavy atom. The van der Waals surface area contributed by atoms with Gasteiger partial charge >= 0.3 is 0 Å². The highest BCUT2D eigenvalue weighted by molar-refractivity contribution is 7.71. The lowest BCUT2D eigenvalue weighted by Gasteiger charge is -2.32. The zero-order valence-electron chi connectivity index (χ0n) is 13.5. The quantitative estimate of drug-likeness (QED) is 0.820. The minimum atomic E-state index is -0.0653. The Kier molecular flexibility index (Phi) is 5.96. The lowest BCUT2D eigenvalue weighted by Crippen LogP contribution is -2.37. The molecule has 120 valence electrons. The lowest BCUT2D eigenvalue weighted by molar-refractivity contribution is 0.123. The van der Waals surface area contributed by atoms with Crippen molar-refractivity contribution in [2.24, 2.45) is 18.9 Å². The summed E-state index contributed by atoms with van der Waals surface area (Å²) in [6.07, 6.45) is 5.24. The summed E-state index contributed by atoms with van der Waals surface area (Å²) in [4.78, 5) is 2.44. The van der Waals surface area contributed by atoms with Gasteiger partial charge in [0, 0.05) is 13.6 Å². The van der Waals surface area contributed by atoms with E-state index in [0.717, 1.165) is 31.6 Å². The zero-order chi connectivity index (χ0) is 15.4. The second-order valence-corrected chi connectivity index (χ2v) is 6.98. The molecular weight excluding hydrogens is 284 g/mol. The minimum absolute atomic E-state index is 0.0653. The number of nitrogens with zero attached hydrogens (tertiary/aromatic N) is 4. The summed E-state index contributed by atoms with van der Waals surface area (Å²) in [5.74, 6) is 2.22. The van der Waals surface area contributed by atoms with Crippen molar-refractivity contribution in [1.29, 1.82) is 0 Å². The molecule has 0 radical (unpaired) electrons. The van der Waals surface area contributed by atoms with Crippen molar-refractivity contribution in [3.05, 3.63) is 10.6 Å². The molecule has 5 nitrogen and oxygen atoms in total. The molecule has 0 spiro atoms. The van der Waals surface area contributed by atoms with E-state index in [1.165, 1.54) is 25.7 Å². The number of aromatic nitrogens is 3. The molecule has 1 atom stereocenters. The van der Waals surface area contributed by atoms with Crippen LogP contribution >= 0.6 is 12.2 Å². The van der Waals surface area contributed by atoms with Crippen molar-refractivity contribution >= 4 is 12.2 Å². The van der Waals surface area contributed by atoms with E-state index in [1.54, 1.807) is 4.57 Å². The monoisotopic (exact) mass is 312 g/mol. The molecule has 2 rings (SSSR count). The summed E-state index contributed by atoms with van der Waals surface area (Å²) >= 11 is 5.39. The fourth-order valence-electron chi connectivity index (χ4n) is 3.04. The summed E-state index contributed by atoms with van der Waals surface area (Å²) in [7, 11) is 1.86. The minimum Gasteiger partial charge on any atom is -0.388 e. The van der Waals surface area contributed by atoms with E-state index < -0.39 is 0 Å². The lowest BCUT2D eigenvalue weighted by atomic mass is 9.91. The third-order valence-electron chi connectivity index (χ3n) is 4.36. The van der Waals surface area contributed by atoms with Crippen LogP contribution in [0.4, 0.5) is 0 Å². The van der Waals surface area contributed by atoms with E-state index in [1.807, 2.05) is 11.7 Å². The average Bonchev–Trinajstić information content (AvgIpc) is 2.73. The van der Waals surface area contributed by atoms with Crippen LogP contribution in [0.1, 0.15) is 45.4 Å². The van der Waals surface area contributed by atoms with Gasteiger partial charge in [0.1, 0.15) is 6.61 Å². The first kappa shape index (κ1) is 16.6. The van der Waals surface area contributed by atoms with Crippen LogP contribution in [0.25, 0.3) is 0 Å². The summed E-state index contributed by atoms with van der Waals surface area (Å²) < 4.78 is 4.31. The molecule has 6 heteroatoms. The van der Waals surface area contributed by atoms with Crippen molar-refractivity contribution in [2.45, 2.75) is 52.8 Å². The van der Waals surface area contributed by atoms with Gasteiger partial charge in [-0.15, -0.1) is 0 Å². The Morgan fingerprint density at radius 1 is 1.43 bits per heavy atom. The maximum atomic E-state index is 9.27. The zero-order valence-corrected chi connectivity index (χ0v) is 14.3. The number of rotatable bonds is 6. The molecule has 1 aliphatic heterocycles. The summed E-state index contributed by atoms with van der Waals surface area (Å²) in [5.41, 5.74) is 0. The molecule has 0 amide bonds. The highest BCUT2D eigenvalue weighted by Crippen LogP contribution is 2.23. The molecule has 0 aromatic carbocycles. The SMILES string of the molecule is CC(C)CCC1CCCN(Cn2nc(CO)n(C)c2=S)C1. The first-order valence-corrected chi connectivity index (χ1v) is 8.38. The molecular formula is C15H28N4OS. The number of piperidine rings is 1. The Bertz CT molecular complexity index is 508. The van der Waals surface area contributed by atoms with Crippen LogP contribution < -0.4 is 0 Å². The number of likely N-dealkylation sites (tertiary alicyclic amines) is 1. The van der Waals surface area contributed by atoms with Crippen LogP contribution in [0.5, 0.6) is 0 Å². The molecule has 1 fully saturated rings. The third-order valence-corrected chi connectivity index (χ3v) is 4.85. The molecule has 2 heterocycles. The van der Waals surface area contributed by atoms with Gasteiger partial charge in [-0.1, -0.05) is 20.3 Å². The molecule has 1 aromatic rings. The number of hydrogen-bond donors (Lipinski definition) is 1. The van der Waals surface area contributed by atoms with Crippen molar-refractivity contribution in [3.8, 4) is 0 Å². The normalized spacial score (nSPS) is 20.3. The number of hydrogen-bond acceptors (Lipinski definition) is 4. The summed E-state index contributed by atoms with van der Waals surface area (Å²) in [5, 5.41) is 13.7. The molecule has 0 saturated carbocycles. The van der Waals surface area contributed by atoms with Crippen molar-refractivity contribution in [3.63, 3.8) is 0 Å². The van der Waals surface area contributed by atoms with E-state index in [9.17, 15) is 5.11 Å². The number of aliphatic hydroxyl groups excluding tert-OH is 1. The van der Waals surface area contributed by atoms with Crippen LogP contribution in [0.2, 0.25) is 0 Å². The van der Waals surface area contributed by atoms with E-state index in [0.29, 0.717) is 10.6 Å². The Balaban J connectivity index is 1.95. The maximum Gasteiger partial charge on any atom is 0.198 e. The fourth-order valence-corrected chi connectivity index (χ4v) is 3.24. The molecule has 0 aliphatic carbocycles. The first-order chi connectivity index (χ1) is 10.0. The highest BCUT2D eigenvalue weighted by Gasteiger charge is 2.21. The fraction of sp³-hybridized carbons (Fsp3) is 0.867. The summed E-state index contributed by atoms with van der Waals surface area (Å²) in [6.45, 7) is 7.52. The highest BCUT2D eigenvalue weighted by atomic mass is 32.1. The summed E-state index contributed by atoms with van der Waals surface area (Å²) in [6, 6.07) is 0. The van der Waals surface area contributed by atoms with Crippen LogP contribution in [-0.4, -0.2) is 37.4 Å². The van der Waals surface area contributed by atoms with E-state index in [2.05, 4.69) is 23.8 Å². The second kappa shape index (κ2) is 7.51. The van der Waals surface area contributed by atoms with Gasteiger partial charge in [0.05, 0.1) is 6.67 Å². The first-order valence-electron chi connectivity index (χ1n) is 7.97. The van der Waals surface area contributed by atoms with Crippen LogP contribution in [0.3, 0.4) is 0 Å². The maximum absolute atomic E-state index is 9.27. The molecule has 21 heavy (non-hydrogen) atoms. The Morgan fingerprint density at radius 3 is 2.81 bits per heavy atom. The van der Waals surface area contributed by atoms with Gasteiger partial charge < -0.3 is 9.67 Å².